The summed E-state index contributed by atoms with van der Waals surface area (Å²) in [6.07, 6.45) is 0. The molecule has 1 aromatic rings. The molecular formula is C7H5BrN4O2. The molecule has 14 heavy (non-hydrogen) atoms. The lowest BCUT2D eigenvalue weighted by atomic mass is 10.2. The summed E-state index contributed by atoms with van der Waals surface area (Å²) in [7, 11) is 0. The molecule has 0 bridgehead atoms. The van der Waals surface area contributed by atoms with Crippen LogP contribution in [0, 0.1) is 10.1 Å². The Kier molecular flexibility index (Phi) is 3.44. The number of benzene rings is 1. The van der Waals surface area contributed by atoms with Crippen LogP contribution in [0.15, 0.2) is 27.8 Å². The van der Waals surface area contributed by atoms with E-state index in [1.54, 1.807) is 12.1 Å². The molecule has 0 fully saturated rings. The van der Waals surface area contributed by atoms with Gasteiger partial charge in [-0.05, 0) is 27.0 Å². The first-order valence-electron chi connectivity index (χ1n) is 3.59. The number of nitro benzene ring substituents is 1. The van der Waals surface area contributed by atoms with Crippen molar-refractivity contribution in [3.8, 4) is 0 Å². The number of nitrogens with zero attached hydrogens (tertiary/aromatic N) is 4. The summed E-state index contributed by atoms with van der Waals surface area (Å²) in [6.45, 7) is 0.0960. The average molecular weight is 257 g/mol. The first-order chi connectivity index (χ1) is 6.66. The summed E-state index contributed by atoms with van der Waals surface area (Å²) in [5.41, 5.74) is 8.67. The number of azide groups is 1. The number of halogens is 1. The van der Waals surface area contributed by atoms with Gasteiger partial charge in [-0.15, -0.1) is 0 Å². The van der Waals surface area contributed by atoms with Gasteiger partial charge in [-0.3, -0.25) is 10.1 Å². The van der Waals surface area contributed by atoms with Gasteiger partial charge in [0, 0.05) is 11.0 Å². The van der Waals surface area contributed by atoms with Gasteiger partial charge in [0.2, 0.25) is 0 Å². The van der Waals surface area contributed by atoms with Crippen molar-refractivity contribution in [2.24, 2.45) is 5.11 Å². The Morgan fingerprint density at radius 1 is 1.64 bits per heavy atom. The van der Waals surface area contributed by atoms with Gasteiger partial charge in [0.05, 0.1) is 15.9 Å². The maximum absolute atomic E-state index is 10.5. The summed E-state index contributed by atoms with van der Waals surface area (Å²) < 4.78 is 0.359. The van der Waals surface area contributed by atoms with Gasteiger partial charge in [-0.2, -0.15) is 0 Å². The maximum atomic E-state index is 10.5. The zero-order valence-corrected chi connectivity index (χ0v) is 8.51. The number of rotatable bonds is 3. The van der Waals surface area contributed by atoms with Crippen LogP contribution in [0.3, 0.4) is 0 Å². The first-order valence-corrected chi connectivity index (χ1v) is 4.38. The Labute approximate surface area is 87.5 Å². The molecule has 1 rings (SSSR count). The highest BCUT2D eigenvalue weighted by molar-refractivity contribution is 9.10. The third-order valence-corrected chi connectivity index (χ3v) is 2.47. The van der Waals surface area contributed by atoms with Crippen LogP contribution >= 0.6 is 15.9 Å². The maximum Gasteiger partial charge on any atom is 0.283 e. The van der Waals surface area contributed by atoms with E-state index < -0.39 is 4.92 Å². The molecule has 0 atom stereocenters. The molecule has 0 aliphatic heterocycles. The predicted molar refractivity (Wildman–Crippen MR) is 53.6 cm³/mol. The molecule has 0 aliphatic carbocycles. The average Bonchev–Trinajstić information content (AvgIpc) is 2.16. The fourth-order valence-corrected chi connectivity index (χ4v) is 1.47. The number of hydrogen-bond donors (Lipinski definition) is 0. The van der Waals surface area contributed by atoms with Crippen LogP contribution in [-0.4, -0.2) is 4.92 Å². The van der Waals surface area contributed by atoms with Crippen molar-refractivity contribution < 1.29 is 4.92 Å². The van der Waals surface area contributed by atoms with Gasteiger partial charge in [-0.1, -0.05) is 17.2 Å². The van der Waals surface area contributed by atoms with Crippen LogP contribution < -0.4 is 0 Å². The fraction of sp³-hybridized carbons (Fsp3) is 0.143. The molecule has 0 heterocycles. The van der Waals surface area contributed by atoms with E-state index in [0.29, 0.717) is 10.0 Å². The van der Waals surface area contributed by atoms with Gasteiger partial charge in [0.25, 0.3) is 5.69 Å². The molecule has 6 nitrogen and oxygen atoms in total. The van der Waals surface area contributed by atoms with Crippen LogP contribution in [0.1, 0.15) is 5.56 Å². The third kappa shape index (κ3) is 2.21. The fourth-order valence-electron chi connectivity index (χ4n) is 0.937. The van der Waals surface area contributed by atoms with E-state index in [4.69, 9.17) is 5.53 Å². The standard InChI is InChI=1S/C7H5BrN4O2/c8-7-5(4-10-11-9)2-1-3-6(7)12(13)14/h1-3H,4H2. The lowest BCUT2D eigenvalue weighted by Gasteiger charge is -2.00. The number of nitro groups is 1. The second kappa shape index (κ2) is 4.59. The highest BCUT2D eigenvalue weighted by atomic mass is 79.9. The van der Waals surface area contributed by atoms with Gasteiger partial charge < -0.3 is 0 Å². The van der Waals surface area contributed by atoms with E-state index in [1.807, 2.05) is 0 Å². The summed E-state index contributed by atoms with van der Waals surface area (Å²) in [4.78, 5) is 12.6. The molecule has 0 unspecified atom stereocenters. The SMILES string of the molecule is [N-]=[N+]=NCc1cccc([N+](=O)[O-])c1Br. The molecule has 0 saturated carbocycles. The lowest BCUT2D eigenvalue weighted by Crippen LogP contribution is -1.92. The van der Waals surface area contributed by atoms with Crippen molar-refractivity contribution in [2.45, 2.75) is 6.54 Å². The van der Waals surface area contributed by atoms with E-state index >= 15 is 0 Å². The molecule has 0 aliphatic rings. The van der Waals surface area contributed by atoms with Crippen LogP contribution in [0.2, 0.25) is 0 Å². The van der Waals surface area contributed by atoms with Crippen LogP contribution in [0.5, 0.6) is 0 Å². The Hall–Kier alpha value is -1.59. The van der Waals surface area contributed by atoms with Gasteiger partial charge in [0.15, 0.2) is 0 Å². The molecule has 0 N–H and O–H groups in total. The highest BCUT2D eigenvalue weighted by Gasteiger charge is 2.13. The van der Waals surface area contributed by atoms with E-state index in [1.165, 1.54) is 6.07 Å². The molecule has 0 radical (unpaired) electrons. The second-order valence-electron chi connectivity index (χ2n) is 2.40. The van der Waals surface area contributed by atoms with Crippen molar-refractivity contribution in [1.82, 2.24) is 0 Å². The van der Waals surface area contributed by atoms with Crippen molar-refractivity contribution in [3.05, 3.63) is 48.8 Å². The van der Waals surface area contributed by atoms with E-state index in [-0.39, 0.29) is 12.2 Å². The van der Waals surface area contributed by atoms with E-state index in [0.717, 1.165) is 0 Å². The quantitative estimate of drug-likeness (QED) is 0.273. The van der Waals surface area contributed by atoms with Gasteiger partial charge in [0.1, 0.15) is 0 Å². The van der Waals surface area contributed by atoms with Crippen molar-refractivity contribution in [2.75, 3.05) is 0 Å². The molecule has 72 valence electrons. The smallest absolute Gasteiger partial charge is 0.258 e. The largest absolute Gasteiger partial charge is 0.283 e. The molecule has 0 aromatic heterocycles. The van der Waals surface area contributed by atoms with Gasteiger partial charge in [-0.25, -0.2) is 0 Å². The summed E-state index contributed by atoms with van der Waals surface area (Å²) in [5, 5.41) is 13.9. The minimum atomic E-state index is -0.496. The van der Waals surface area contributed by atoms with Crippen molar-refractivity contribution in [3.63, 3.8) is 0 Å². The monoisotopic (exact) mass is 256 g/mol. The Balaban J connectivity index is 3.13. The molecule has 0 amide bonds. The van der Waals surface area contributed by atoms with Crippen LogP contribution in [0.25, 0.3) is 10.4 Å². The summed E-state index contributed by atoms with van der Waals surface area (Å²) in [5.74, 6) is 0. The Morgan fingerprint density at radius 2 is 2.36 bits per heavy atom. The normalized spacial score (nSPS) is 9.21. The molecule has 0 spiro atoms. The Bertz CT molecular complexity index is 414. The first kappa shape index (κ1) is 10.5. The Morgan fingerprint density at radius 3 is 2.93 bits per heavy atom. The molecule has 7 heteroatoms. The summed E-state index contributed by atoms with van der Waals surface area (Å²) in [6, 6.07) is 4.58. The second-order valence-corrected chi connectivity index (χ2v) is 3.19. The van der Waals surface area contributed by atoms with E-state index in [2.05, 4.69) is 26.0 Å². The van der Waals surface area contributed by atoms with Gasteiger partial charge >= 0.3 is 0 Å². The summed E-state index contributed by atoms with van der Waals surface area (Å²) >= 11 is 3.09. The minimum Gasteiger partial charge on any atom is -0.258 e. The zero-order valence-electron chi connectivity index (χ0n) is 6.92. The highest BCUT2D eigenvalue weighted by Crippen LogP contribution is 2.28. The third-order valence-electron chi connectivity index (χ3n) is 1.56. The lowest BCUT2D eigenvalue weighted by molar-refractivity contribution is -0.385. The van der Waals surface area contributed by atoms with Crippen molar-refractivity contribution >= 4 is 21.6 Å². The zero-order chi connectivity index (χ0) is 10.6. The minimum absolute atomic E-state index is 0.0318. The van der Waals surface area contributed by atoms with Crippen molar-refractivity contribution in [1.29, 1.82) is 0 Å². The molecular weight excluding hydrogens is 252 g/mol. The topological polar surface area (TPSA) is 91.9 Å². The predicted octanol–water partition coefficient (Wildman–Crippen LogP) is 3.17. The van der Waals surface area contributed by atoms with Crippen LogP contribution in [-0.2, 0) is 6.54 Å². The number of hydrogen-bond acceptors (Lipinski definition) is 3. The van der Waals surface area contributed by atoms with Crippen LogP contribution in [0.4, 0.5) is 5.69 Å². The van der Waals surface area contributed by atoms with E-state index in [9.17, 15) is 10.1 Å². The molecule has 0 saturated heterocycles. The molecule has 1 aromatic carbocycles.